The number of aromatic nitrogens is 2. The molecule has 2 aliphatic heterocycles. The Labute approximate surface area is 93.6 Å². The molecule has 0 aromatic carbocycles. The number of hydrogen-bond donors (Lipinski definition) is 2. The number of amides is 1. The molecule has 1 aromatic rings. The van der Waals surface area contributed by atoms with E-state index in [0.29, 0.717) is 6.04 Å². The molecule has 3 heterocycles. The summed E-state index contributed by atoms with van der Waals surface area (Å²) in [5.74, 6) is 0. The van der Waals surface area contributed by atoms with Gasteiger partial charge in [0.05, 0.1) is 5.69 Å². The van der Waals surface area contributed by atoms with Crippen molar-refractivity contribution in [3.63, 3.8) is 0 Å². The molecule has 16 heavy (non-hydrogen) atoms. The fourth-order valence-corrected chi connectivity index (χ4v) is 2.19. The van der Waals surface area contributed by atoms with Gasteiger partial charge in [0, 0.05) is 51.0 Å². The molecule has 2 aliphatic rings. The number of fused-ring (bicyclic) bond motifs is 1. The highest BCUT2D eigenvalue weighted by molar-refractivity contribution is 5.75. The summed E-state index contributed by atoms with van der Waals surface area (Å²) in [4.78, 5) is 13.8. The lowest BCUT2D eigenvalue weighted by molar-refractivity contribution is 0.143. The second-order valence-electron chi connectivity index (χ2n) is 4.32. The largest absolute Gasteiger partial charge is 0.341 e. The zero-order chi connectivity index (χ0) is 11.1. The maximum absolute atomic E-state index is 11.4. The molecule has 3 rings (SSSR count). The average Bonchev–Trinajstić information content (AvgIpc) is 2.71. The standard InChI is InChI=1S/C10H15N5O/c1-11-10(16)15-5-7-4-14(6-9(7)13-15)8-2-12-3-8/h5,8,12H,2-4,6H2,1H3,(H,11,16). The molecular formula is C10H15N5O. The summed E-state index contributed by atoms with van der Waals surface area (Å²) in [7, 11) is 1.61. The lowest BCUT2D eigenvalue weighted by Gasteiger charge is -2.35. The number of carbonyl (C=O) groups excluding carboxylic acids is 1. The number of carbonyl (C=O) groups is 1. The van der Waals surface area contributed by atoms with Crippen LogP contribution in [0.3, 0.4) is 0 Å². The van der Waals surface area contributed by atoms with Gasteiger partial charge in [-0.05, 0) is 0 Å². The first kappa shape index (κ1) is 9.80. The number of nitrogens with zero attached hydrogens (tertiary/aromatic N) is 3. The van der Waals surface area contributed by atoms with Crippen LogP contribution in [0.2, 0.25) is 0 Å². The van der Waals surface area contributed by atoms with Crippen LogP contribution < -0.4 is 10.6 Å². The Balaban J connectivity index is 1.74. The number of rotatable bonds is 1. The monoisotopic (exact) mass is 221 g/mol. The SMILES string of the molecule is CNC(=O)n1cc2c(n1)CN(C1CNC1)C2. The molecule has 0 radical (unpaired) electrons. The topological polar surface area (TPSA) is 62.2 Å². The van der Waals surface area contributed by atoms with Crippen LogP contribution in [0.4, 0.5) is 4.79 Å². The van der Waals surface area contributed by atoms with E-state index in [9.17, 15) is 4.79 Å². The third kappa shape index (κ3) is 1.42. The Hall–Kier alpha value is -1.40. The predicted molar refractivity (Wildman–Crippen MR) is 58.0 cm³/mol. The quantitative estimate of drug-likeness (QED) is 0.662. The van der Waals surface area contributed by atoms with E-state index < -0.39 is 0 Å². The molecule has 6 nitrogen and oxygen atoms in total. The van der Waals surface area contributed by atoms with Crippen LogP contribution in [0.25, 0.3) is 0 Å². The Morgan fingerprint density at radius 1 is 1.56 bits per heavy atom. The highest BCUT2D eigenvalue weighted by Crippen LogP contribution is 2.24. The highest BCUT2D eigenvalue weighted by Gasteiger charge is 2.31. The van der Waals surface area contributed by atoms with Gasteiger partial charge in [-0.2, -0.15) is 9.78 Å². The molecule has 1 amide bonds. The molecule has 0 spiro atoms. The smallest absolute Gasteiger partial charge is 0.339 e. The Bertz CT molecular complexity index is 399. The summed E-state index contributed by atoms with van der Waals surface area (Å²) >= 11 is 0. The van der Waals surface area contributed by atoms with Crippen molar-refractivity contribution >= 4 is 6.03 Å². The summed E-state index contributed by atoms with van der Waals surface area (Å²) in [6.45, 7) is 3.92. The van der Waals surface area contributed by atoms with Crippen molar-refractivity contribution in [1.29, 1.82) is 0 Å². The van der Waals surface area contributed by atoms with E-state index in [2.05, 4.69) is 20.6 Å². The van der Waals surface area contributed by atoms with Crippen molar-refractivity contribution in [2.24, 2.45) is 0 Å². The van der Waals surface area contributed by atoms with Gasteiger partial charge in [0.15, 0.2) is 0 Å². The van der Waals surface area contributed by atoms with Crippen LogP contribution in [0.1, 0.15) is 11.3 Å². The van der Waals surface area contributed by atoms with E-state index in [4.69, 9.17) is 0 Å². The van der Waals surface area contributed by atoms with Gasteiger partial charge < -0.3 is 10.6 Å². The first-order valence-electron chi connectivity index (χ1n) is 5.52. The van der Waals surface area contributed by atoms with Crippen molar-refractivity contribution < 1.29 is 4.79 Å². The second kappa shape index (κ2) is 3.57. The van der Waals surface area contributed by atoms with E-state index in [1.165, 1.54) is 10.2 Å². The van der Waals surface area contributed by atoms with Crippen LogP contribution >= 0.6 is 0 Å². The molecule has 0 unspecified atom stereocenters. The summed E-state index contributed by atoms with van der Waals surface area (Å²) in [6.07, 6.45) is 1.83. The van der Waals surface area contributed by atoms with Gasteiger partial charge in [0.2, 0.25) is 0 Å². The van der Waals surface area contributed by atoms with Crippen LogP contribution in [0.15, 0.2) is 6.20 Å². The van der Waals surface area contributed by atoms with Gasteiger partial charge in [-0.3, -0.25) is 4.90 Å². The van der Waals surface area contributed by atoms with Crippen LogP contribution in [-0.2, 0) is 13.1 Å². The van der Waals surface area contributed by atoms with Crippen molar-refractivity contribution in [2.45, 2.75) is 19.1 Å². The number of nitrogens with one attached hydrogen (secondary N) is 2. The van der Waals surface area contributed by atoms with Crippen LogP contribution in [0, 0.1) is 0 Å². The molecule has 0 aliphatic carbocycles. The fraction of sp³-hybridized carbons (Fsp3) is 0.600. The van der Waals surface area contributed by atoms with E-state index in [-0.39, 0.29) is 6.03 Å². The van der Waals surface area contributed by atoms with E-state index in [1.54, 1.807) is 7.05 Å². The second-order valence-corrected chi connectivity index (χ2v) is 4.32. The molecule has 1 aromatic heterocycles. The Kier molecular flexibility index (Phi) is 2.19. The molecule has 86 valence electrons. The highest BCUT2D eigenvalue weighted by atomic mass is 16.2. The molecule has 6 heteroatoms. The maximum atomic E-state index is 11.4. The van der Waals surface area contributed by atoms with Gasteiger partial charge in [-0.1, -0.05) is 0 Å². The fourth-order valence-electron chi connectivity index (χ4n) is 2.19. The van der Waals surface area contributed by atoms with Gasteiger partial charge in [-0.15, -0.1) is 0 Å². The van der Waals surface area contributed by atoms with Crippen molar-refractivity contribution in [2.75, 3.05) is 20.1 Å². The minimum absolute atomic E-state index is 0.175. The first-order valence-corrected chi connectivity index (χ1v) is 5.52. The summed E-state index contributed by atoms with van der Waals surface area (Å²) in [5, 5.41) is 10.1. The molecule has 2 N–H and O–H groups in total. The van der Waals surface area contributed by atoms with Crippen LogP contribution in [-0.4, -0.2) is 46.9 Å². The number of hydrogen-bond acceptors (Lipinski definition) is 4. The van der Waals surface area contributed by atoms with E-state index in [1.807, 2.05) is 6.20 Å². The lowest BCUT2D eigenvalue weighted by atomic mass is 10.1. The third-order valence-corrected chi connectivity index (χ3v) is 3.30. The zero-order valence-corrected chi connectivity index (χ0v) is 9.23. The van der Waals surface area contributed by atoms with Crippen molar-refractivity contribution in [3.8, 4) is 0 Å². The first-order chi connectivity index (χ1) is 7.78. The van der Waals surface area contributed by atoms with Gasteiger partial charge in [-0.25, -0.2) is 4.79 Å². The van der Waals surface area contributed by atoms with Crippen molar-refractivity contribution in [3.05, 3.63) is 17.5 Å². The minimum Gasteiger partial charge on any atom is -0.339 e. The molecule has 1 saturated heterocycles. The molecule has 0 bridgehead atoms. The Morgan fingerprint density at radius 2 is 2.38 bits per heavy atom. The van der Waals surface area contributed by atoms with E-state index in [0.717, 1.165) is 31.9 Å². The molecular weight excluding hydrogens is 206 g/mol. The van der Waals surface area contributed by atoms with E-state index >= 15 is 0 Å². The van der Waals surface area contributed by atoms with Gasteiger partial charge in [0.25, 0.3) is 0 Å². The molecule has 0 saturated carbocycles. The normalized spacial score (nSPS) is 20.6. The summed E-state index contributed by atoms with van der Waals surface area (Å²) < 4.78 is 1.39. The Morgan fingerprint density at radius 3 is 2.94 bits per heavy atom. The predicted octanol–water partition coefficient (Wildman–Crippen LogP) is -0.642. The average molecular weight is 221 g/mol. The van der Waals surface area contributed by atoms with Crippen molar-refractivity contribution in [1.82, 2.24) is 25.3 Å². The zero-order valence-electron chi connectivity index (χ0n) is 9.23. The lowest BCUT2D eigenvalue weighted by Crippen LogP contribution is -2.55. The minimum atomic E-state index is -0.175. The van der Waals surface area contributed by atoms with Crippen LogP contribution in [0.5, 0.6) is 0 Å². The van der Waals surface area contributed by atoms with Gasteiger partial charge >= 0.3 is 6.03 Å². The van der Waals surface area contributed by atoms with Gasteiger partial charge in [0.1, 0.15) is 0 Å². The summed E-state index contributed by atoms with van der Waals surface area (Å²) in [5.41, 5.74) is 2.21. The summed E-state index contributed by atoms with van der Waals surface area (Å²) in [6, 6.07) is 0.467. The third-order valence-electron chi connectivity index (χ3n) is 3.30. The molecule has 1 fully saturated rings. The maximum Gasteiger partial charge on any atom is 0.341 e. The molecule has 0 atom stereocenters.